The maximum absolute atomic E-state index is 10.3. The van der Waals surface area contributed by atoms with Crippen molar-refractivity contribution in [2.24, 2.45) is 0 Å². The lowest BCUT2D eigenvalue weighted by Gasteiger charge is -2.08. The summed E-state index contributed by atoms with van der Waals surface area (Å²) >= 11 is 1.77. The van der Waals surface area contributed by atoms with E-state index in [9.17, 15) is 4.79 Å². The van der Waals surface area contributed by atoms with E-state index in [4.69, 9.17) is 43.0 Å². The van der Waals surface area contributed by atoms with Gasteiger partial charge in [0.25, 0.3) is 0 Å². The number of hydrogen-bond donors (Lipinski definition) is 1. The summed E-state index contributed by atoms with van der Waals surface area (Å²) in [5.74, 6) is 0.141. The first-order valence-corrected chi connectivity index (χ1v) is 12.0. The van der Waals surface area contributed by atoms with Crippen molar-refractivity contribution in [3.8, 4) is 0 Å². The highest BCUT2D eigenvalue weighted by molar-refractivity contribution is 7.98. The predicted octanol–water partition coefficient (Wildman–Crippen LogP) is 0.957. The standard InChI is InChI=1S/C20H40O10S/c1-31-19-18-30-17-16-29-15-14-28-13-12-27-11-10-26-9-8-25-7-6-24-5-4-23-3-2-20(21)22/h2-19H2,1H3,(H,21,22). The van der Waals surface area contributed by atoms with E-state index in [1.165, 1.54) is 0 Å². The van der Waals surface area contributed by atoms with Gasteiger partial charge in [0, 0.05) is 5.75 Å². The second kappa shape index (κ2) is 27.5. The maximum atomic E-state index is 10.3. The quantitative estimate of drug-likeness (QED) is 0.173. The van der Waals surface area contributed by atoms with Crippen molar-refractivity contribution < 1.29 is 47.8 Å². The highest BCUT2D eigenvalue weighted by Crippen LogP contribution is 1.90. The Morgan fingerprint density at radius 1 is 0.516 bits per heavy atom. The Labute approximate surface area is 190 Å². The van der Waals surface area contributed by atoms with E-state index in [1.54, 1.807) is 11.8 Å². The fourth-order valence-corrected chi connectivity index (χ4v) is 2.23. The first-order valence-electron chi connectivity index (χ1n) is 10.6. The van der Waals surface area contributed by atoms with E-state index >= 15 is 0 Å². The van der Waals surface area contributed by atoms with Crippen molar-refractivity contribution >= 4 is 17.7 Å². The van der Waals surface area contributed by atoms with Gasteiger partial charge in [0.2, 0.25) is 0 Å². The molecule has 0 bridgehead atoms. The fourth-order valence-electron chi connectivity index (χ4n) is 1.94. The molecule has 0 rings (SSSR count). The fraction of sp³-hybridized carbons (Fsp3) is 0.950. The van der Waals surface area contributed by atoms with Crippen LogP contribution < -0.4 is 0 Å². The lowest BCUT2D eigenvalue weighted by molar-refractivity contribution is -0.138. The average molecular weight is 473 g/mol. The molecule has 0 unspecified atom stereocenters. The third-order valence-electron chi connectivity index (χ3n) is 3.50. The summed E-state index contributed by atoms with van der Waals surface area (Å²) in [5.41, 5.74) is 0. The Bertz CT molecular complexity index is 363. The molecular formula is C20H40O10S. The molecule has 0 atom stereocenters. The van der Waals surface area contributed by atoms with E-state index in [1.807, 2.05) is 0 Å². The number of rotatable bonds is 27. The zero-order valence-corrected chi connectivity index (χ0v) is 19.6. The van der Waals surface area contributed by atoms with E-state index < -0.39 is 5.97 Å². The largest absolute Gasteiger partial charge is 0.481 e. The van der Waals surface area contributed by atoms with Gasteiger partial charge in [0.1, 0.15) is 0 Å². The Morgan fingerprint density at radius 3 is 1.03 bits per heavy atom. The molecule has 1 N–H and O–H groups in total. The second-order valence-corrected chi connectivity index (χ2v) is 7.02. The molecule has 0 aliphatic rings. The molecule has 0 aliphatic carbocycles. The van der Waals surface area contributed by atoms with Crippen LogP contribution in [0.2, 0.25) is 0 Å². The lowest BCUT2D eigenvalue weighted by atomic mass is 10.5. The molecule has 186 valence electrons. The molecule has 0 amide bonds. The zero-order chi connectivity index (χ0) is 22.7. The van der Waals surface area contributed by atoms with Crippen molar-refractivity contribution in [2.75, 3.05) is 118 Å². The van der Waals surface area contributed by atoms with Crippen LogP contribution in [0.1, 0.15) is 6.42 Å². The molecule has 11 heteroatoms. The van der Waals surface area contributed by atoms with Crippen LogP contribution in [0.3, 0.4) is 0 Å². The van der Waals surface area contributed by atoms with Crippen LogP contribution in [0.25, 0.3) is 0 Å². The van der Waals surface area contributed by atoms with Crippen molar-refractivity contribution in [1.29, 1.82) is 0 Å². The number of thioether (sulfide) groups is 1. The van der Waals surface area contributed by atoms with Crippen LogP contribution in [-0.4, -0.2) is 129 Å². The average Bonchev–Trinajstić information content (AvgIpc) is 2.76. The Morgan fingerprint density at radius 2 is 0.774 bits per heavy atom. The van der Waals surface area contributed by atoms with Crippen molar-refractivity contribution in [3.63, 3.8) is 0 Å². The minimum Gasteiger partial charge on any atom is -0.481 e. The number of carboxylic acids is 1. The third-order valence-corrected chi connectivity index (χ3v) is 4.07. The van der Waals surface area contributed by atoms with E-state index in [2.05, 4.69) is 6.26 Å². The minimum atomic E-state index is -0.868. The van der Waals surface area contributed by atoms with Gasteiger partial charge in [-0.1, -0.05) is 0 Å². The number of aliphatic carboxylic acids is 1. The van der Waals surface area contributed by atoms with Gasteiger partial charge in [-0.3, -0.25) is 4.79 Å². The molecule has 0 radical (unpaired) electrons. The van der Waals surface area contributed by atoms with Gasteiger partial charge in [-0.15, -0.1) is 0 Å². The SMILES string of the molecule is CSCCOCCOCCOCCOCCOCCOCCOCCOCCC(=O)O. The second-order valence-electron chi connectivity index (χ2n) is 6.04. The Balaban J connectivity index is 3.00. The molecule has 0 saturated heterocycles. The molecule has 0 aromatic rings. The van der Waals surface area contributed by atoms with E-state index in [0.29, 0.717) is 92.5 Å². The molecule has 10 nitrogen and oxygen atoms in total. The van der Waals surface area contributed by atoms with E-state index in [0.717, 1.165) is 12.4 Å². The van der Waals surface area contributed by atoms with Gasteiger partial charge < -0.3 is 43.0 Å². The molecule has 0 spiro atoms. The molecule has 0 fully saturated rings. The molecule has 0 heterocycles. The monoisotopic (exact) mass is 472 g/mol. The number of carbonyl (C=O) groups is 1. The van der Waals surface area contributed by atoms with E-state index in [-0.39, 0.29) is 13.0 Å². The van der Waals surface area contributed by atoms with Crippen molar-refractivity contribution in [3.05, 3.63) is 0 Å². The number of hydrogen-bond acceptors (Lipinski definition) is 10. The topological polar surface area (TPSA) is 111 Å². The summed E-state index contributed by atoms with van der Waals surface area (Å²) in [4.78, 5) is 10.3. The molecule has 0 aromatic heterocycles. The van der Waals surface area contributed by atoms with Crippen LogP contribution in [-0.2, 0) is 42.7 Å². The maximum Gasteiger partial charge on any atom is 0.305 e. The van der Waals surface area contributed by atoms with Gasteiger partial charge in [-0.2, -0.15) is 11.8 Å². The summed E-state index contributed by atoms with van der Waals surface area (Å²) in [6.45, 7) is 8.07. The zero-order valence-electron chi connectivity index (χ0n) is 18.8. The van der Waals surface area contributed by atoms with Gasteiger partial charge in [-0.05, 0) is 6.26 Å². The Hall–Kier alpha value is -0.500. The number of carboxylic acid groups (broad SMARTS) is 1. The molecule has 0 aromatic carbocycles. The summed E-state index contributed by atoms with van der Waals surface area (Å²) in [7, 11) is 0. The van der Waals surface area contributed by atoms with Crippen LogP contribution in [0.15, 0.2) is 0 Å². The Kier molecular flexibility index (Phi) is 27.1. The molecule has 0 saturated carbocycles. The highest BCUT2D eigenvalue weighted by Gasteiger charge is 1.97. The van der Waals surface area contributed by atoms with Crippen LogP contribution in [0, 0.1) is 0 Å². The summed E-state index contributed by atoms with van der Waals surface area (Å²) in [6.07, 6.45) is 2.06. The lowest BCUT2D eigenvalue weighted by Crippen LogP contribution is -2.15. The third kappa shape index (κ3) is 29.5. The smallest absolute Gasteiger partial charge is 0.305 e. The molecule has 0 aliphatic heterocycles. The summed E-state index contributed by atoms with van der Waals surface area (Å²) in [5, 5.41) is 8.44. The van der Waals surface area contributed by atoms with Crippen LogP contribution >= 0.6 is 11.8 Å². The highest BCUT2D eigenvalue weighted by atomic mass is 32.2. The van der Waals surface area contributed by atoms with Gasteiger partial charge in [0.15, 0.2) is 0 Å². The first-order chi connectivity index (χ1) is 15.3. The molecular weight excluding hydrogens is 432 g/mol. The predicted molar refractivity (Wildman–Crippen MR) is 117 cm³/mol. The summed E-state index contributed by atoms with van der Waals surface area (Å²) < 4.78 is 42.7. The normalized spacial score (nSPS) is 11.3. The number of ether oxygens (including phenoxy) is 8. The summed E-state index contributed by atoms with van der Waals surface area (Å²) in [6, 6.07) is 0. The molecule has 31 heavy (non-hydrogen) atoms. The van der Waals surface area contributed by atoms with Gasteiger partial charge >= 0.3 is 5.97 Å². The van der Waals surface area contributed by atoms with Crippen molar-refractivity contribution in [2.45, 2.75) is 6.42 Å². The first kappa shape index (κ1) is 30.5. The van der Waals surface area contributed by atoms with Crippen LogP contribution in [0.5, 0.6) is 0 Å². The van der Waals surface area contributed by atoms with Crippen molar-refractivity contribution in [1.82, 2.24) is 0 Å². The van der Waals surface area contributed by atoms with Gasteiger partial charge in [0.05, 0.1) is 112 Å². The minimum absolute atomic E-state index is 0.00670. The van der Waals surface area contributed by atoms with Crippen LogP contribution in [0.4, 0.5) is 0 Å². The van der Waals surface area contributed by atoms with Gasteiger partial charge in [-0.25, -0.2) is 0 Å².